The van der Waals surface area contributed by atoms with Crippen LogP contribution in [-0.4, -0.2) is 0 Å². The second kappa shape index (κ2) is 2.64. The van der Waals surface area contributed by atoms with E-state index in [0.717, 1.165) is 0 Å². The summed E-state index contributed by atoms with van der Waals surface area (Å²) >= 11 is 5.58. The molecule has 2 aromatic rings. The van der Waals surface area contributed by atoms with Crippen LogP contribution in [0.1, 0.15) is 0 Å². The average molecular weight is 181 g/mol. The molecular weight excluding hydrogens is 176 g/mol. The fraction of sp³-hybridized carbons (Fsp3) is 0. The van der Waals surface area contributed by atoms with Gasteiger partial charge in [-0.25, -0.2) is 0 Å². The lowest BCUT2D eigenvalue weighted by molar-refractivity contribution is 0.603. The Morgan fingerprint density at radius 3 is 2.83 bits per heavy atom. The highest BCUT2D eigenvalue weighted by Crippen LogP contribution is 2.12. The average Bonchev–Trinajstić information content (AvgIpc) is 2.12. The first-order valence-electron chi connectivity index (χ1n) is 3.45. The number of para-hydroxylation sites is 1. The zero-order valence-electron chi connectivity index (χ0n) is 6.08. The summed E-state index contributed by atoms with van der Waals surface area (Å²) in [5.41, 5.74) is 0.380. The predicted octanol–water partition coefficient (Wildman–Crippen LogP) is 2.45. The van der Waals surface area contributed by atoms with Crippen molar-refractivity contribution in [3.63, 3.8) is 0 Å². The van der Waals surface area contributed by atoms with Crippen LogP contribution in [0.3, 0.4) is 0 Å². The molecule has 60 valence electrons. The Balaban J connectivity index is 3.01. The van der Waals surface area contributed by atoms with Crippen LogP contribution in [0.25, 0.3) is 11.0 Å². The number of rotatable bonds is 0. The van der Waals surface area contributed by atoms with E-state index in [2.05, 4.69) is 0 Å². The first kappa shape index (κ1) is 7.37. The molecule has 0 saturated carbocycles. The quantitative estimate of drug-likeness (QED) is 0.624. The monoisotopic (exact) mass is 180 g/mol. The Labute approximate surface area is 73.4 Å². The van der Waals surface area contributed by atoms with Crippen LogP contribution in [0.15, 0.2) is 39.7 Å². The summed E-state index contributed by atoms with van der Waals surface area (Å²) in [4.78, 5) is 11.3. The smallest absolute Gasteiger partial charge is 0.211 e. The lowest BCUT2D eigenvalue weighted by Crippen LogP contribution is -2.00. The number of benzene rings is 1. The zero-order chi connectivity index (χ0) is 8.55. The van der Waals surface area contributed by atoms with E-state index < -0.39 is 0 Å². The Morgan fingerprint density at radius 2 is 2.00 bits per heavy atom. The van der Waals surface area contributed by atoms with Gasteiger partial charge in [-0.15, -0.1) is 0 Å². The van der Waals surface area contributed by atoms with E-state index in [0.29, 0.717) is 11.0 Å². The van der Waals surface area contributed by atoms with Gasteiger partial charge in [0.2, 0.25) is 5.43 Å². The van der Waals surface area contributed by atoms with Gasteiger partial charge in [-0.3, -0.25) is 4.79 Å². The summed E-state index contributed by atoms with van der Waals surface area (Å²) < 4.78 is 5.09. The summed E-state index contributed by atoms with van der Waals surface area (Å²) in [7, 11) is 0. The molecule has 0 bridgehead atoms. The second-order valence-corrected chi connectivity index (χ2v) is 2.82. The Kier molecular flexibility index (Phi) is 1.62. The lowest BCUT2D eigenvalue weighted by Gasteiger charge is -1.94. The van der Waals surface area contributed by atoms with Gasteiger partial charge in [0.25, 0.3) is 0 Å². The van der Waals surface area contributed by atoms with Crippen molar-refractivity contribution in [2.45, 2.75) is 0 Å². The van der Waals surface area contributed by atoms with Gasteiger partial charge in [0, 0.05) is 0 Å². The van der Waals surface area contributed by atoms with Crippen LogP contribution in [0.2, 0.25) is 5.02 Å². The SMILES string of the molecule is O=c1c(Cl)coc2ccccc12. The molecule has 0 unspecified atom stereocenters. The molecule has 2 nitrogen and oxygen atoms in total. The fourth-order valence-electron chi connectivity index (χ4n) is 1.05. The molecule has 0 atom stereocenters. The van der Waals surface area contributed by atoms with Gasteiger partial charge in [-0.05, 0) is 12.1 Å². The molecule has 0 spiro atoms. The standard InChI is InChI=1S/C9H5ClO2/c10-7-5-12-8-4-2-1-3-6(8)9(7)11/h1-5H. The minimum atomic E-state index is -0.182. The summed E-state index contributed by atoms with van der Waals surface area (Å²) in [5, 5.41) is 0.638. The molecule has 3 heteroatoms. The Morgan fingerprint density at radius 1 is 1.25 bits per heavy atom. The van der Waals surface area contributed by atoms with Crippen LogP contribution in [-0.2, 0) is 0 Å². The highest BCUT2D eigenvalue weighted by molar-refractivity contribution is 6.30. The van der Waals surface area contributed by atoms with Crippen molar-refractivity contribution in [1.29, 1.82) is 0 Å². The third kappa shape index (κ3) is 1.01. The molecule has 0 amide bonds. The van der Waals surface area contributed by atoms with E-state index in [9.17, 15) is 4.79 Å². The largest absolute Gasteiger partial charge is 0.463 e. The number of hydrogen-bond acceptors (Lipinski definition) is 2. The third-order valence-electron chi connectivity index (χ3n) is 1.64. The molecule has 1 heterocycles. The topological polar surface area (TPSA) is 30.2 Å². The Bertz CT molecular complexity index is 473. The fourth-order valence-corrected chi connectivity index (χ4v) is 1.20. The summed E-state index contributed by atoms with van der Waals surface area (Å²) in [6, 6.07) is 6.99. The molecule has 0 aliphatic rings. The number of hydrogen-bond donors (Lipinski definition) is 0. The van der Waals surface area contributed by atoms with E-state index in [1.165, 1.54) is 6.26 Å². The van der Waals surface area contributed by atoms with Crippen molar-refractivity contribution in [3.05, 3.63) is 45.8 Å². The van der Waals surface area contributed by atoms with Crippen molar-refractivity contribution in [1.82, 2.24) is 0 Å². The van der Waals surface area contributed by atoms with Crippen LogP contribution in [0.4, 0.5) is 0 Å². The Hall–Kier alpha value is -1.28. The maximum absolute atomic E-state index is 11.3. The lowest BCUT2D eigenvalue weighted by atomic mass is 10.2. The molecule has 0 N–H and O–H groups in total. The summed E-state index contributed by atoms with van der Waals surface area (Å²) in [6.45, 7) is 0. The van der Waals surface area contributed by atoms with E-state index in [-0.39, 0.29) is 10.5 Å². The van der Waals surface area contributed by atoms with Gasteiger partial charge < -0.3 is 4.42 Å². The zero-order valence-corrected chi connectivity index (χ0v) is 6.84. The van der Waals surface area contributed by atoms with Crippen LogP contribution in [0, 0.1) is 0 Å². The molecule has 0 aliphatic carbocycles. The van der Waals surface area contributed by atoms with Gasteiger partial charge >= 0.3 is 0 Å². The van der Waals surface area contributed by atoms with Crippen molar-refractivity contribution >= 4 is 22.6 Å². The van der Waals surface area contributed by atoms with Gasteiger partial charge in [0.05, 0.1) is 5.39 Å². The van der Waals surface area contributed by atoms with E-state index in [1.807, 2.05) is 0 Å². The molecule has 12 heavy (non-hydrogen) atoms. The normalized spacial score (nSPS) is 10.4. The van der Waals surface area contributed by atoms with Crippen LogP contribution < -0.4 is 5.43 Å². The number of fused-ring (bicyclic) bond motifs is 1. The highest BCUT2D eigenvalue weighted by atomic mass is 35.5. The highest BCUT2D eigenvalue weighted by Gasteiger charge is 2.02. The van der Waals surface area contributed by atoms with Crippen LogP contribution >= 0.6 is 11.6 Å². The first-order valence-corrected chi connectivity index (χ1v) is 3.83. The summed E-state index contributed by atoms with van der Waals surface area (Å²) in [6.07, 6.45) is 1.26. The summed E-state index contributed by atoms with van der Waals surface area (Å²) in [5.74, 6) is 0. The molecule has 0 fully saturated rings. The van der Waals surface area contributed by atoms with E-state index in [4.69, 9.17) is 16.0 Å². The number of halogens is 1. The van der Waals surface area contributed by atoms with Crippen molar-refractivity contribution < 1.29 is 4.42 Å². The van der Waals surface area contributed by atoms with Crippen molar-refractivity contribution in [2.75, 3.05) is 0 Å². The van der Waals surface area contributed by atoms with Gasteiger partial charge in [-0.1, -0.05) is 23.7 Å². The maximum atomic E-state index is 11.3. The van der Waals surface area contributed by atoms with Gasteiger partial charge in [0.15, 0.2) is 0 Å². The van der Waals surface area contributed by atoms with E-state index in [1.54, 1.807) is 24.3 Å². The van der Waals surface area contributed by atoms with Crippen LogP contribution in [0.5, 0.6) is 0 Å². The van der Waals surface area contributed by atoms with Gasteiger partial charge in [0.1, 0.15) is 16.9 Å². The minimum absolute atomic E-state index is 0.119. The first-order chi connectivity index (χ1) is 5.79. The maximum Gasteiger partial charge on any atom is 0.211 e. The molecule has 0 saturated heterocycles. The van der Waals surface area contributed by atoms with Crippen molar-refractivity contribution in [2.24, 2.45) is 0 Å². The molecule has 0 radical (unpaired) electrons. The van der Waals surface area contributed by atoms with Crippen molar-refractivity contribution in [3.8, 4) is 0 Å². The molecule has 1 aromatic heterocycles. The van der Waals surface area contributed by atoms with Gasteiger partial charge in [-0.2, -0.15) is 0 Å². The van der Waals surface area contributed by atoms with E-state index >= 15 is 0 Å². The molecular formula is C9H5ClO2. The minimum Gasteiger partial charge on any atom is -0.463 e. The second-order valence-electron chi connectivity index (χ2n) is 2.41. The molecule has 1 aromatic carbocycles. The molecule has 2 rings (SSSR count). The predicted molar refractivity (Wildman–Crippen MR) is 47.5 cm³/mol. The molecule has 0 aliphatic heterocycles. The third-order valence-corrected chi connectivity index (χ3v) is 1.90.